The van der Waals surface area contributed by atoms with Gasteiger partial charge < -0.3 is 10.0 Å². The number of likely N-dealkylation sites (tertiary alicyclic amines) is 1. The molecule has 2 rings (SSSR count). The monoisotopic (exact) mass is 253 g/mol. The third kappa shape index (κ3) is 3.79. The number of hydrogen-bond acceptors (Lipinski definition) is 3. The number of aliphatic hydroxyl groups is 1. The predicted molar refractivity (Wildman–Crippen MR) is 72.4 cm³/mol. The molecule has 0 radical (unpaired) electrons. The van der Waals surface area contributed by atoms with E-state index >= 15 is 0 Å². The summed E-state index contributed by atoms with van der Waals surface area (Å²) in [4.78, 5) is 14.4. The fourth-order valence-corrected chi connectivity index (χ4v) is 3.46. The zero-order valence-corrected chi connectivity index (χ0v) is 11.6. The van der Waals surface area contributed by atoms with Crippen LogP contribution < -0.4 is 0 Å². The third-order valence-corrected chi connectivity index (χ3v) is 4.60. The minimum Gasteiger partial charge on any atom is -0.393 e. The first kappa shape index (κ1) is 14.0. The number of Topliss-reactive ketones (excluding diaryl/α,β-unsaturated/α-hetero) is 1. The molecule has 3 heteroatoms. The quantitative estimate of drug-likeness (QED) is 0.835. The molecular weight excluding hydrogens is 226 g/mol. The minimum absolute atomic E-state index is 0.115. The molecule has 1 saturated carbocycles. The number of nitrogens with zero attached hydrogens (tertiary/aromatic N) is 1. The molecule has 2 aliphatic rings. The lowest BCUT2D eigenvalue weighted by Crippen LogP contribution is -2.42. The van der Waals surface area contributed by atoms with E-state index in [-0.39, 0.29) is 12.0 Å². The number of piperidine rings is 1. The number of carbonyl (C=O) groups is 1. The molecule has 18 heavy (non-hydrogen) atoms. The van der Waals surface area contributed by atoms with E-state index < -0.39 is 0 Å². The van der Waals surface area contributed by atoms with Crippen LogP contribution in [0, 0.1) is 11.8 Å². The van der Waals surface area contributed by atoms with Crippen molar-refractivity contribution in [1.29, 1.82) is 0 Å². The molecular formula is C15H27NO2. The van der Waals surface area contributed by atoms with Gasteiger partial charge in [0.25, 0.3) is 0 Å². The van der Waals surface area contributed by atoms with E-state index in [0.717, 1.165) is 57.7 Å². The van der Waals surface area contributed by atoms with Gasteiger partial charge in [0.2, 0.25) is 0 Å². The summed E-state index contributed by atoms with van der Waals surface area (Å²) in [5.41, 5.74) is 0. The third-order valence-electron chi connectivity index (χ3n) is 4.60. The number of hydrogen-bond donors (Lipinski definition) is 1. The average Bonchev–Trinajstić information content (AvgIpc) is 2.36. The van der Waals surface area contributed by atoms with Crippen molar-refractivity contribution in [2.45, 2.75) is 58.0 Å². The standard InChI is InChI=1S/C15H27NO2/c1-2-3-12-4-5-15(18)13(10-12)11-16-8-6-14(17)7-9-16/h12-14,17H,2-11H2,1H3. The second-order valence-electron chi connectivity index (χ2n) is 6.12. The Balaban J connectivity index is 1.81. The highest BCUT2D eigenvalue weighted by molar-refractivity contribution is 5.81. The molecule has 1 N–H and O–H groups in total. The Kier molecular flexibility index (Phi) is 5.19. The number of carbonyl (C=O) groups excluding carboxylic acids is 1. The highest BCUT2D eigenvalue weighted by Gasteiger charge is 2.30. The Hall–Kier alpha value is -0.410. The normalized spacial score (nSPS) is 31.8. The van der Waals surface area contributed by atoms with E-state index in [2.05, 4.69) is 11.8 Å². The van der Waals surface area contributed by atoms with Crippen LogP contribution in [0.1, 0.15) is 51.9 Å². The molecule has 2 fully saturated rings. The van der Waals surface area contributed by atoms with Crippen molar-refractivity contribution in [3.63, 3.8) is 0 Å². The summed E-state index contributed by atoms with van der Waals surface area (Å²) in [5.74, 6) is 1.52. The van der Waals surface area contributed by atoms with Gasteiger partial charge in [0.1, 0.15) is 5.78 Å². The molecule has 0 aromatic carbocycles. The molecule has 1 heterocycles. The summed E-state index contributed by atoms with van der Waals surface area (Å²) < 4.78 is 0. The second kappa shape index (κ2) is 6.67. The molecule has 2 unspecified atom stereocenters. The van der Waals surface area contributed by atoms with Crippen LogP contribution in [0.2, 0.25) is 0 Å². The summed E-state index contributed by atoms with van der Waals surface area (Å²) in [5, 5.41) is 9.50. The van der Waals surface area contributed by atoms with Crippen LogP contribution in [0.15, 0.2) is 0 Å². The van der Waals surface area contributed by atoms with E-state index in [0.29, 0.717) is 5.78 Å². The molecule has 0 aromatic heterocycles. The molecule has 0 amide bonds. The van der Waals surface area contributed by atoms with Crippen LogP contribution in [0.25, 0.3) is 0 Å². The van der Waals surface area contributed by atoms with Crippen molar-refractivity contribution < 1.29 is 9.90 Å². The molecule has 1 saturated heterocycles. The Labute approximate surface area is 111 Å². The summed E-state index contributed by atoms with van der Waals surface area (Å²) in [6.07, 6.45) is 7.17. The van der Waals surface area contributed by atoms with Crippen molar-refractivity contribution in [2.24, 2.45) is 11.8 Å². The van der Waals surface area contributed by atoms with Crippen LogP contribution >= 0.6 is 0 Å². The molecule has 104 valence electrons. The van der Waals surface area contributed by atoms with Crippen molar-refractivity contribution in [3.05, 3.63) is 0 Å². The summed E-state index contributed by atoms with van der Waals surface area (Å²) in [7, 11) is 0. The van der Waals surface area contributed by atoms with Crippen molar-refractivity contribution in [2.75, 3.05) is 19.6 Å². The SMILES string of the molecule is CCCC1CCC(=O)C(CN2CCC(O)CC2)C1. The molecule has 0 aromatic rings. The van der Waals surface area contributed by atoms with Gasteiger partial charge in [0.05, 0.1) is 6.10 Å². The topological polar surface area (TPSA) is 40.5 Å². The molecule has 3 nitrogen and oxygen atoms in total. The van der Waals surface area contributed by atoms with Crippen LogP contribution in [0.5, 0.6) is 0 Å². The van der Waals surface area contributed by atoms with Gasteiger partial charge in [0.15, 0.2) is 0 Å². The summed E-state index contributed by atoms with van der Waals surface area (Å²) in [6.45, 7) is 5.09. The summed E-state index contributed by atoms with van der Waals surface area (Å²) >= 11 is 0. The lowest BCUT2D eigenvalue weighted by Gasteiger charge is -2.35. The first-order valence-electron chi connectivity index (χ1n) is 7.62. The maximum atomic E-state index is 12.0. The van der Waals surface area contributed by atoms with E-state index in [1.807, 2.05) is 0 Å². The predicted octanol–water partition coefficient (Wildman–Crippen LogP) is 2.23. The molecule has 1 aliphatic carbocycles. The van der Waals surface area contributed by atoms with Gasteiger partial charge in [-0.2, -0.15) is 0 Å². The second-order valence-corrected chi connectivity index (χ2v) is 6.12. The largest absolute Gasteiger partial charge is 0.393 e. The lowest BCUT2D eigenvalue weighted by atomic mass is 9.78. The highest BCUT2D eigenvalue weighted by Crippen LogP contribution is 2.30. The highest BCUT2D eigenvalue weighted by atomic mass is 16.3. The summed E-state index contributed by atoms with van der Waals surface area (Å²) in [6, 6.07) is 0. The van der Waals surface area contributed by atoms with Crippen molar-refractivity contribution >= 4 is 5.78 Å². The number of ketones is 1. The number of rotatable bonds is 4. The Bertz CT molecular complexity index is 272. The van der Waals surface area contributed by atoms with Gasteiger partial charge in [-0.25, -0.2) is 0 Å². The Morgan fingerprint density at radius 1 is 1.28 bits per heavy atom. The molecule has 1 aliphatic heterocycles. The first-order chi connectivity index (χ1) is 8.69. The minimum atomic E-state index is -0.115. The maximum Gasteiger partial charge on any atom is 0.137 e. The van der Waals surface area contributed by atoms with E-state index in [1.165, 1.54) is 12.8 Å². The van der Waals surface area contributed by atoms with Gasteiger partial charge in [-0.3, -0.25) is 4.79 Å². The average molecular weight is 253 g/mol. The van der Waals surface area contributed by atoms with E-state index in [1.54, 1.807) is 0 Å². The van der Waals surface area contributed by atoms with Gasteiger partial charge in [0, 0.05) is 32.0 Å². The maximum absolute atomic E-state index is 12.0. The van der Waals surface area contributed by atoms with Gasteiger partial charge in [-0.05, 0) is 31.6 Å². The van der Waals surface area contributed by atoms with Gasteiger partial charge in [-0.15, -0.1) is 0 Å². The zero-order valence-electron chi connectivity index (χ0n) is 11.6. The van der Waals surface area contributed by atoms with Crippen LogP contribution in [-0.4, -0.2) is 41.5 Å². The zero-order chi connectivity index (χ0) is 13.0. The lowest BCUT2D eigenvalue weighted by molar-refractivity contribution is -0.126. The van der Waals surface area contributed by atoms with Gasteiger partial charge >= 0.3 is 0 Å². The fourth-order valence-electron chi connectivity index (χ4n) is 3.46. The van der Waals surface area contributed by atoms with E-state index in [4.69, 9.17) is 0 Å². The fraction of sp³-hybridized carbons (Fsp3) is 0.933. The Morgan fingerprint density at radius 2 is 2.00 bits per heavy atom. The van der Waals surface area contributed by atoms with Crippen molar-refractivity contribution in [3.8, 4) is 0 Å². The van der Waals surface area contributed by atoms with Crippen LogP contribution in [-0.2, 0) is 4.79 Å². The molecule has 0 bridgehead atoms. The first-order valence-corrected chi connectivity index (χ1v) is 7.62. The Morgan fingerprint density at radius 3 is 2.67 bits per heavy atom. The van der Waals surface area contributed by atoms with Crippen LogP contribution in [0.4, 0.5) is 0 Å². The molecule has 2 atom stereocenters. The van der Waals surface area contributed by atoms with E-state index in [9.17, 15) is 9.90 Å². The molecule has 0 spiro atoms. The van der Waals surface area contributed by atoms with Crippen LogP contribution in [0.3, 0.4) is 0 Å². The van der Waals surface area contributed by atoms with Gasteiger partial charge in [-0.1, -0.05) is 19.8 Å². The smallest absolute Gasteiger partial charge is 0.137 e. The number of aliphatic hydroxyl groups excluding tert-OH is 1. The van der Waals surface area contributed by atoms with Crippen molar-refractivity contribution in [1.82, 2.24) is 4.90 Å².